The summed E-state index contributed by atoms with van der Waals surface area (Å²) in [5, 5.41) is 0.364. The van der Waals surface area contributed by atoms with E-state index in [1.807, 2.05) is 0 Å². The van der Waals surface area contributed by atoms with E-state index < -0.39 is 22.1 Å². The number of benzene rings is 1. The van der Waals surface area contributed by atoms with Crippen molar-refractivity contribution in [1.82, 2.24) is 8.96 Å². The Kier molecular flexibility index (Phi) is 5.50. The summed E-state index contributed by atoms with van der Waals surface area (Å²) in [6.45, 7) is 0.596. The van der Waals surface area contributed by atoms with Gasteiger partial charge in [-0.25, -0.2) is 21.8 Å². The Bertz CT molecular complexity index is 1100. The first-order valence-electron chi connectivity index (χ1n) is 8.86. The third-order valence-corrected chi connectivity index (χ3v) is 7.21. The minimum absolute atomic E-state index is 0.0186. The zero-order valence-corrected chi connectivity index (χ0v) is 17.2. The molecule has 0 radical (unpaired) electrons. The van der Waals surface area contributed by atoms with Crippen molar-refractivity contribution >= 4 is 37.0 Å². The number of hydrogen-bond donors (Lipinski definition) is 0. The monoisotopic (exact) mass is 468 g/mol. The van der Waals surface area contributed by atoms with E-state index in [9.17, 15) is 12.8 Å². The fraction of sp³-hybridized carbons (Fsp3) is 0.316. The Labute approximate surface area is 170 Å². The van der Waals surface area contributed by atoms with Gasteiger partial charge in [-0.05, 0) is 53.4 Å². The number of hydrogen-bond acceptors (Lipinski definition) is 5. The van der Waals surface area contributed by atoms with Gasteiger partial charge in [0.05, 0.1) is 27.9 Å². The zero-order chi connectivity index (χ0) is 19.7. The van der Waals surface area contributed by atoms with Crippen LogP contribution in [0, 0.1) is 5.82 Å². The van der Waals surface area contributed by atoms with Gasteiger partial charge in [0.25, 0.3) is 10.0 Å². The Morgan fingerprint density at radius 2 is 2.07 bits per heavy atom. The summed E-state index contributed by atoms with van der Waals surface area (Å²) >= 11 is 3.41. The van der Waals surface area contributed by atoms with Crippen LogP contribution >= 0.6 is 15.9 Å². The lowest BCUT2D eigenvalue weighted by atomic mass is 10.2. The van der Waals surface area contributed by atoms with Crippen LogP contribution in [0.5, 0.6) is 0 Å². The number of halogens is 2. The molecule has 3 heterocycles. The molecule has 4 rings (SSSR count). The minimum atomic E-state index is -3.96. The summed E-state index contributed by atoms with van der Waals surface area (Å²) in [6, 6.07) is 9.30. The van der Waals surface area contributed by atoms with Gasteiger partial charge in [-0.1, -0.05) is 18.2 Å². The molecule has 1 aliphatic rings. The molecule has 0 amide bonds. The molecule has 6 nitrogen and oxygen atoms in total. The van der Waals surface area contributed by atoms with Gasteiger partial charge in [0.15, 0.2) is 11.9 Å². The normalized spacial score (nSPS) is 17.9. The molecule has 1 atom stereocenters. The van der Waals surface area contributed by atoms with Crippen LogP contribution in [0.25, 0.3) is 11.0 Å². The summed E-state index contributed by atoms with van der Waals surface area (Å²) in [5.74, 6) is -0.550. The molecule has 9 heteroatoms. The topological polar surface area (TPSA) is 70.4 Å². The van der Waals surface area contributed by atoms with Gasteiger partial charge in [0.1, 0.15) is 5.82 Å². The molecule has 1 fully saturated rings. The van der Waals surface area contributed by atoms with Crippen LogP contribution < -0.4 is 0 Å². The van der Waals surface area contributed by atoms with Crippen LogP contribution in [0.3, 0.4) is 0 Å². The minimum Gasteiger partial charge on any atom is -0.353 e. The average Bonchev–Trinajstić information content (AvgIpc) is 3.00. The van der Waals surface area contributed by atoms with Crippen molar-refractivity contribution in [3.63, 3.8) is 0 Å². The number of fused-ring (bicyclic) bond motifs is 1. The molecule has 0 spiro atoms. The van der Waals surface area contributed by atoms with Crippen molar-refractivity contribution < 1.29 is 22.3 Å². The summed E-state index contributed by atoms with van der Waals surface area (Å²) in [6.07, 6.45) is 3.33. The van der Waals surface area contributed by atoms with Crippen molar-refractivity contribution in [2.45, 2.75) is 37.1 Å². The summed E-state index contributed by atoms with van der Waals surface area (Å²) in [5.41, 5.74) is 0.478. The molecule has 1 saturated heterocycles. The molecule has 3 aromatic rings. The quantitative estimate of drug-likeness (QED) is 0.560. The van der Waals surface area contributed by atoms with Crippen LogP contribution in [0.1, 0.15) is 25.0 Å². The highest BCUT2D eigenvalue weighted by Gasteiger charge is 2.28. The molecule has 0 saturated carbocycles. The first-order chi connectivity index (χ1) is 13.5. The molecule has 0 bridgehead atoms. The highest BCUT2D eigenvalue weighted by molar-refractivity contribution is 9.10. The smallest absolute Gasteiger partial charge is 0.269 e. The molecular formula is C19H18BrFN2O4S. The van der Waals surface area contributed by atoms with Gasteiger partial charge in [-0.2, -0.15) is 0 Å². The molecule has 0 aliphatic carbocycles. The maximum absolute atomic E-state index is 13.8. The lowest BCUT2D eigenvalue weighted by Crippen LogP contribution is -2.23. The second-order valence-corrected chi connectivity index (χ2v) is 9.05. The van der Waals surface area contributed by atoms with Gasteiger partial charge in [-0.15, -0.1) is 0 Å². The fourth-order valence-electron chi connectivity index (χ4n) is 3.22. The molecule has 2 aromatic heterocycles. The van der Waals surface area contributed by atoms with E-state index in [4.69, 9.17) is 9.47 Å². The molecule has 0 N–H and O–H groups in total. The molecule has 28 heavy (non-hydrogen) atoms. The van der Waals surface area contributed by atoms with Crippen LogP contribution in [0.4, 0.5) is 4.39 Å². The Hall–Kier alpha value is -1.81. The first-order valence-corrected chi connectivity index (χ1v) is 11.1. The van der Waals surface area contributed by atoms with Crippen molar-refractivity contribution in [3.8, 4) is 0 Å². The second-order valence-electron chi connectivity index (χ2n) is 6.48. The average molecular weight is 469 g/mol. The Morgan fingerprint density at radius 1 is 1.29 bits per heavy atom. The molecule has 1 unspecified atom stereocenters. The summed E-state index contributed by atoms with van der Waals surface area (Å²) in [4.78, 5) is 4.15. The number of aromatic nitrogens is 2. The Morgan fingerprint density at radius 3 is 2.79 bits per heavy atom. The first kappa shape index (κ1) is 19.5. The SMILES string of the molecule is O=S(=O)(c1ccccc1)n1c(COC2CCCCO2)c(Br)c2cc(F)cnc21. The van der Waals surface area contributed by atoms with Crippen molar-refractivity contribution in [2.75, 3.05) is 6.61 Å². The van der Waals surface area contributed by atoms with E-state index >= 15 is 0 Å². The van der Waals surface area contributed by atoms with Crippen molar-refractivity contribution in [3.05, 3.63) is 58.6 Å². The van der Waals surface area contributed by atoms with Gasteiger partial charge in [0.2, 0.25) is 0 Å². The predicted octanol–water partition coefficient (Wildman–Crippen LogP) is 4.22. The number of pyridine rings is 1. The Balaban J connectivity index is 1.83. The van der Waals surface area contributed by atoms with Crippen LogP contribution in [0.2, 0.25) is 0 Å². The lowest BCUT2D eigenvalue weighted by molar-refractivity contribution is -0.169. The van der Waals surface area contributed by atoms with Crippen LogP contribution in [-0.4, -0.2) is 30.3 Å². The second kappa shape index (κ2) is 7.90. The molecule has 1 aliphatic heterocycles. The largest absolute Gasteiger partial charge is 0.353 e. The van der Waals surface area contributed by atoms with E-state index in [2.05, 4.69) is 20.9 Å². The highest BCUT2D eigenvalue weighted by Crippen LogP contribution is 2.34. The lowest BCUT2D eigenvalue weighted by Gasteiger charge is -2.23. The van der Waals surface area contributed by atoms with E-state index in [0.29, 0.717) is 22.2 Å². The molecule has 148 valence electrons. The number of ether oxygens (including phenoxy) is 2. The standard InChI is InChI=1S/C19H18BrFN2O4S/c20-18-15-10-13(21)11-22-19(15)23(28(24,25)14-6-2-1-3-7-14)16(18)12-27-17-8-4-5-9-26-17/h1-3,6-7,10-11,17H,4-5,8-9,12H2. The van der Waals surface area contributed by atoms with E-state index in [1.54, 1.807) is 18.2 Å². The molecule has 1 aromatic carbocycles. The number of nitrogens with zero attached hydrogens (tertiary/aromatic N) is 2. The summed E-state index contributed by atoms with van der Waals surface area (Å²) < 4.78 is 53.4. The van der Waals surface area contributed by atoms with E-state index in [-0.39, 0.29) is 17.1 Å². The number of rotatable bonds is 5. The van der Waals surface area contributed by atoms with Gasteiger partial charge >= 0.3 is 0 Å². The molecular weight excluding hydrogens is 451 g/mol. The maximum atomic E-state index is 13.8. The van der Waals surface area contributed by atoms with Crippen LogP contribution in [-0.2, 0) is 26.1 Å². The van der Waals surface area contributed by atoms with E-state index in [0.717, 1.165) is 29.4 Å². The zero-order valence-electron chi connectivity index (χ0n) is 14.8. The van der Waals surface area contributed by atoms with Gasteiger partial charge in [-0.3, -0.25) is 0 Å². The van der Waals surface area contributed by atoms with Crippen LogP contribution in [0.15, 0.2) is 52.0 Å². The van der Waals surface area contributed by atoms with E-state index in [1.165, 1.54) is 18.2 Å². The third-order valence-electron chi connectivity index (χ3n) is 4.59. The van der Waals surface area contributed by atoms with Gasteiger partial charge < -0.3 is 9.47 Å². The third kappa shape index (κ3) is 3.59. The summed E-state index contributed by atoms with van der Waals surface area (Å²) in [7, 11) is -3.96. The van der Waals surface area contributed by atoms with Gasteiger partial charge in [0, 0.05) is 12.0 Å². The highest BCUT2D eigenvalue weighted by atomic mass is 79.9. The predicted molar refractivity (Wildman–Crippen MR) is 105 cm³/mol. The van der Waals surface area contributed by atoms with Crippen molar-refractivity contribution in [1.29, 1.82) is 0 Å². The van der Waals surface area contributed by atoms with Crippen molar-refractivity contribution in [2.24, 2.45) is 0 Å². The maximum Gasteiger partial charge on any atom is 0.269 e. The fourth-order valence-corrected chi connectivity index (χ4v) is 5.44.